The van der Waals surface area contributed by atoms with E-state index >= 15 is 0 Å². The topological polar surface area (TPSA) is 27.1 Å². The predicted octanol–water partition coefficient (Wildman–Crippen LogP) is 2.64. The smallest absolute Gasteiger partial charge is 0.144 e. The van der Waals surface area contributed by atoms with Crippen LogP contribution in [0, 0.1) is 0 Å². The second-order valence-electron chi connectivity index (χ2n) is 2.74. The number of hydrogen-bond donors (Lipinski definition) is 0. The van der Waals surface area contributed by atoms with E-state index in [1.54, 1.807) is 18.0 Å². The summed E-state index contributed by atoms with van der Waals surface area (Å²) in [4.78, 5) is 0. The lowest BCUT2D eigenvalue weighted by Gasteiger charge is -2.08. The first-order valence-corrected chi connectivity index (χ1v) is 4.95. The zero-order chi connectivity index (χ0) is 9.97. The molecule has 0 N–H and O–H groups in total. The minimum absolute atomic E-state index is 0.803. The van der Waals surface area contributed by atoms with E-state index in [0.717, 1.165) is 16.0 Å². The predicted molar refractivity (Wildman–Crippen MR) is 57.8 cm³/mol. The van der Waals surface area contributed by atoms with E-state index in [4.69, 9.17) is 4.74 Å². The van der Waals surface area contributed by atoms with Gasteiger partial charge in [-0.3, -0.25) is 0 Å². The first kappa shape index (κ1) is 9.27. The van der Waals surface area contributed by atoms with Crippen LogP contribution in [0.5, 0.6) is 5.75 Å². The fraction of sp³-hybridized carbons (Fsp3) is 0.100. The molecule has 1 aromatic heterocycles. The summed E-state index contributed by atoms with van der Waals surface area (Å²) in [5.41, 5.74) is 0.923. The third-order valence-electron chi connectivity index (χ3n) is 1.91. The normalized spacial score (nSPS) is 10.1. The van der Waals surface area contributed by atoms with Gasteiger partial charge in [0, 0.05) is 0 Å². The average Bonchev–Trinajstić information content (AvgIpc) is 2.64. The fourth-order valence-corrected chi connectivity index (χ4v) is 1.67. The molecule has 2 rings (SSSR count). The van der Waals surface area contributed by atoms with Crippen molar-refractivity contribution in [3.8, 4) is 11.4 Å². The van der Waals surface area contributed by atoms with Gasteiger partial charge in [0.2, 0.25) is 0 Å². The highest BCUT2D eigenvalue weighted by atomic mass is 79.9. The molecule has 0 spiro atoms. The molecule has 1 aromatic carbocycles. The van der Waals surface area contributed by atoms with Crippen LogP contribution in [0.1, 0.15) is 0 Å². The Labute approximate surface area is 90.4 Å². The lowest BCUT2D eigenvalue weighted by molar-refractivity contribution is 0.411. The monoisotopic (exact) mass is 252 g/mol. The van der Waals surface area contributed by atoms with Crippen LogP contribution in [0.15, 0.2) is 41.1 Å². The summed E-state index contributed by atoms with van der Waals surface area (Å²) in [6.07, 6.45) is 1.73. The summed E-state index contributed by atoms with van der Waals surface area (Å²) in [6.45, 7) is 0. The van der Waals surface area contributed by atoms with Gasteiger partial charge in [0.25, 0.3) is 0 Å². The molecule has 0 unspecified atom stereocenters. The zero-order valence-electron chi connectivity index (χ0n) is 7.64. The van der Waals surface area contributed by atoms with Gasteiger partial charge in [-0.1, -0.05) is 12.1 Å². The molecule has 3 nitrogen and oxygen atoms in total. The Morgan fingerprint density at radius 1 is 1.29 bits per heavy atom. The van der Waals surface area contributed by atoms with E-state index in [2.05, 4.69) is 21.0 Å². The number of hydrogen-bond acceptors (Lipinski definition) is 2. The molecule has 0 aliphatic carbocycles. The van der Waals surface area contributed by atoms with Crippen molar-refractivity contribution in [1.82, 2.24) is 9.78 Å². The minimum atomic E-state index is 0.803. The summed E-state index contributed by atoms with van der Waals surface area (Å²) in [5.74, 6) is 0.803. The zero-order valence-corrected chi connectivity index (χ0v) is 9.23. The third-order valence-corrected chi connectivity index (χ3v) is 2.51. The van der Waals surface area contributed by atoms with Crippen LogP contribution in [-0.4, -0.2) is 16.9 Å². The highest BCUT2D eigenvalue weighted by molar-refractivity contribution is 9.10. The summed E-state index contributed by atoms with van der Waals surface area (Å²) in [5, 5.41) is 4.18. The molecule has 14 heavy (non-hydrogen) atoms. The van der Waals surface area contributed by atoms with Gasteiger partial charge < -0.3 is 4.74 Å². The van der Waals surface area contributed by atoms with Crippen LogP contribution in [0.2, 0.25) is 0 Å². The van der Waals surface area contributed by atoms with Gasteiger partial charge in [-0.15, -0.1) is 0 Å². The van der Waals surface area contributed by atoms with E-state index in [0.29, 0.717) is 0 Å². The Kier molecular flexibility index (Phi) is 2.54. The third kappa shape index (κ3) is 1.53. The lowest BCUT2D eigenvalue weighted by atomic mass is 10.3. The van der Waals surface area contributed by atoms with Gasteiger partial charge in [0.05, 0.1) is 13.3 Å². The molecule has 0 aliphatic heterocycles. The van der Waals surface area contributed by atoms with Crippen LogP contribution in [0.3, 0.4) is 0 Å². The van der Waals surface area contributed by atoms with Crippen molar-refractivity contribution in [2.45, 2.75) is 0 Å². The quantitative estimate of drug-likeness (QED) is 0.822. The fourth-order valence-electron chi connectivity index (χ4n) is 1.27. The van der Waals surface area contributed by atoms with Gasteiger partial charge in [0.1, 0.15) is 16.0 Å². The molecule has 0 amide bonds. The lowest BCUT2D eigenvalue weighted by Crippen LogP contribution is -1.99. The number of para-hydroxylation sites is 2. The molecular weight excluding hydrogens is 244 g/mol. The molecule has 0 saturated carbocycles. The molecule has 0 radical (unpaired) electrons. The largest absolute Gasteiger partial charge is 0.494 e. The van der Waals surface area contributed by atoms with Crippen molar-refractivity contribution in [3.05, 3.63) is 41.1 Å². The van der Waals surface area contributed by atoms with Crippen molar-refractivity contribution in [3.63, 3.8) is 0 Å². The molecule has 0 atom stereocenters. The van der Waals surface area contributed by atoms with E-state index in [9.17, 15) is 0 Å². The van der Waals surface area contributed by atoms with Crippen molar-refractivity contribution in [1.29, 1.82) is 0 Å². The number of nitrogens with zero attached hydrogens (tertiary/aromatic N) is 2. The van der Waals surface area contributed by atoms with Gasteiger partial charge in [-0.2, -0.15) is 5.10 Å². The summed E-state index contributed by atoms with van der Waals surface area (Å²) >= 11 is 3.41. The average molecular weight is 253 g/mol. The molecule has 0 saturated heterocycles. The number of halogens is 1. The number of methoxy groups -OCH3 is 1. The Hall–Kier alpha value is -1.29. The molecule has 2 aromatic rings. The van der Waals surface area contributed by atoms with E-state index in [-0.39, 0.29) is 0 Å². The molecule has 1 heterocycles. The molecule has 72 valence electrons. The van der Waals surface area contributed by atoms with Gasteiger partial charge >= 0.3 is 0 Å². The van der Waals surface area contributed by atoms with Crippen LogP contribution < -0.4 is 4.74 Å². The van der Waals surface area contributed by atoms with E-state index < -0.39 is 0 Å². The van der Waals surface area contributed by atoms with Gasteiger partial charge in [0.15, 0.2) is 0 Å². The maximum atomic E-state index is 5.24. The second kappa shape index (κ2) is 3.84. The number of rotatable bonds is 2. The standard InChI is InChI=1S/C10H9BrN2O/c1-14-9-5-3-2-4-8(9)13-10(11)6-7-12-13/h2-7H,1H3. The van der Waals surface area contributed by atoms with Crippen molar-refractivity contribution < 1.29 is 4.74 Å². The van der Waals surface area contributed by atoms with Crippen LogP contribution in [-0.2, 0) is 0 Å². The summed E-state index contributed by atoms with van der Waals surface area (Å²) in [6, 6.07) is 9.62. The highest BCUT2D eigenvalue weighted by Gasteiger charge is 2.06. The molecular formula is C10H9BrN2O. The van der Waals surface area contributed by atoms with Crippen LogP contribution >= 0.6 is 15.9 Å². The first-order chi connectivity index (χ1) is 6.83. The van der Waals surface area contributed by atoms with Crippen LogP contribution in [0.25, 0.3) is 5.69 Å². The maximum absolute atomic E-state index is 5.24. The summed E-state index contributed by atoms with van der Waals surface area (Å²) < 4.78 is 7.92. The first-order valence-electron chi connectivity index (χ1n) is 4.16. The highest BCUT2D eigenvalue weighted by Crippen LogP contribution is 2.24. The Morgan fingerprint density at radius 2 is 2.07 bits per heavy atom. The maximum Gasteiger partial charge on any atom is 0.144 e. The van der Waals surface area contributed by atoms with E-state index in [1.165, 1.54) is 0 Å². The van der Waals surface area contributed by atoms with Gasteiger partial charge in [-0.05, 0) is 34.1 Å². The number of ether oxygens (including phenoxy) is 1. The second-order valence-corrected chi connectivity index (χ2v) is 3.55. The van der Waals surface area contributed by atoms with Crippen molar-refractivity contribution in [2.24, 2.45) is 0 Å². The molecule has 4 heteroatoms. The Balaban J connectivity index is 2.56. The molecule has 0 bridgehead atoms. The molecule has 0 fully saturated rings. The summed E-state index contributed by atoms with van der Waals surface area (Å²) in [7, 11) is 1.65. The van der Waals surface area contributed by atoms with E-state index in [1.807, 2.05) is 30.3 Å². The number of benzene rings is 1. The SMILES string of the molecule is COc1ccccc1-n1nccc1Br. The van der Waals surface area contributed by atoms with Crippen molar-refractivity contribution in [2.75, 3.05) is 7.11 Å². The molecule has 0 aliphatic rings. The van der Waals surface area contributed by atoms with Crippen LogP contribution in [0.4, 0.5) is 0 Å². The van der Waals surface area contributed by atoms with Crippen molar-refractivity contribution >= 4 is 15.9 Å². The minimum Gasteiger partial charge on any atom is -0.494 e. The number of aromatic nitrogens is 2. The van der Waals surface area contributed by atoms with Gasteiger partial charge in [-0.25, -0.2) is 4.68 Å². The Bertz CT molecular complexity index is 439. The Morgan fingerprint density at radius 3 is 2.71 bits per heavy atom.